The van der Waals surface area contributed by atoms with Crippen LogP contribution in [0.4, 0.5) is 18.9 Å². The monoisotopic (exact) mass is 489 g/mol. The number of aliphatic carboxylic acids is 1. The predicted molar refractivity (Wildman–Crippen MR) is 117 cm³/mol. The van der Waals surface area contributed by atoms with Crippen molar-refractivity contribution in [2.45, 2.75) is 43.2 Å². The number of piperidine rings is 1. The van der Waals surface area contributed by atoms with E-state index in [0.717, 1.165) is 41.9 Å². The number of sulfone groups is 1. The first kappa shape index (κ1) is 25.0. The number of fused-ring (bicyclic) bond motifs is 1. The summed E-state index contributed by atoms with van der Waals surface area (Å²) in [4.78, 5) is 13.4. The van der Waals surface area contributed by atoms with Crippen LogP contribution in [0.5, 0.6) is 5.75 Å². The summed E-state index contributed by atoms with van der Waals surface area (Å²) in [5, 5.41) is 14.9. The second-order valence-corrected chi connectivity index (χ2v) is 10.3. The van der Waals surface area contributed by atoms with Crippen LogP contribution in [-0.4, -0.2) is 66.9 Å². The van der Waals surface area contributed by atoms with Gasteiger partial charge >= 0.3 is 12.1 Å². The number of ether oxygens (including phenoxy) is 1. The standard InChI is InChI=1S/C19H25N3O3S.C2HF3O2/c1-2-12-25-16-5-3-4-14-15(6-9-21-18(14)16)22-17-13-26(23,24)19(17)7-10-20-11-8-19;3-2(4,5)1(6)7/h3-6,9,17,20H,2,7-8,10-13H2,1H3,(H,21,22);(H,6,7). The van der Waals surface area contributed by atoms with E-state index >= 15 is 0 Å². The van der Waals surface area contributed by atoms with Crippen LogP contribution in [0, 0.1) is 0 Å². The molecule has 1 spiro atoms. The van der Waals surface area contributed by atoms with Gasteiger partial charge in [-0.25, -0.2) is 13.2 Å². The van der Waals surface area contributed by atoms with Crippen molar-refractivity contribution in [1.29, 1.82) is 0 Å². The number of nitrogens with one attached hydrogen (secondary N) is 2. The molecule has 33 heavy (non-hydrogen) atoms. The van der Waals surface area contributed by atoms with Crippen LogP contribution in [0.2, 0.25) is 0 Å². The fraction of sp³-hybridized carbons (Fsp3) is 0.524. The third-order valence-electron chi connectivity index (χ3n) is 5.86. The van der Waals surface area contributed by atoms with Gasteiger partial charge in [0.15, 0.2) is 9.84 Å². The molecule has 2 aliphatic rings. The van der Waals surface area contributed by atoms with E-state index in [-0.39, 0.29) is 11.8 Å². The van der Waals surface area contributed by atoms with Crippen molar-refractivity contribution in [2.75, 3.05) is 30.8 Å². The molecule has 0 amide bonds. The summed E-state index contributed by atoms with van der Waals surface area (Å²) in [7, 11) is -3.03. The van der Waals surface area contributed by atoms with Gasteiger partial charge in [0.05, 0.1) is 23.1 Å². The maximum atomic E-state index is 12.5. The molecule has 2 aliphatic heterocycles. The molecule has 12 heteroatoms. The number of nitrogens with zero attached hydrogens (tertiary/aromatic N) is 1. The lowest BCUT2D eigenvalue weighted by Crippen LogP contribution is -2.69. The lowest BCUT2D eigenvalue weighted by Gasteiger charge is -2.51. The fourth-order valence-corrected chi connectivity index (χ4v) is 6.41. The number of pyridine rings is 1. The molecule has 3 N–H and O–H groups in total. The highest BCUT2D eigenvalue weighted by Crippen LogP contribution is 2.44. The fourth-order valence-electron chi connectivity index (χ4n) is 4.13. The van der Waals surface area contributed by atoms with E-state index in [0.29, 0.717) is 19.4 Å². The molecular weight excluding hydrogens is 463 g/mol. The molecule has 2 saturated heterocycles. The number of aromatic nitrogens is 1. The number of carboxylic acids is 1. The van der Waals surface area contributed by atoms with E-state index in [1.807, 2.05) is 24.3 Å². The molecule has 0 radical (unpaired) electrons. The minimum atomic E-state index is -5.08. The lowest BCUT2D eigenvalue weighted by atomic mass is 9.88. The average molecular weight is 490 g/mol. The van der Waals surface area contributed by atoms with E-state index in [4.69, 9.17) is 14.6 Å². The molecule has 3 heterocycles. The van der Waals surface area contributed by atoms with Gasteiger partial charge in [-0.05, 0) is 44.5 Å². The third kappa shape index (κ3) is 5.16. The number of para-hydroxylation sites is 1. The Morgan fingerprint density at radius 2 is 1.97 bits per heavy atom. The number of hydrogen-bond acceptors (Lipinski definition) is 7. The Kier molecular flexibility index (Phi) is 7.37. The summed E-state index contributed by atoms with van der Waals surface area (Å²) in [6, 6.07) is 7.76. The summed E-state index contributed by atoms with van der Waals surface area (Å²) < 4.78 is 62.0. The van der Waals surface area contributed by atoms with Crippen LogP contribution >= 0.6 is 0 Å². The molecule has 0 saturated carbocycles. The van der Waals surface area contributed by atoms with Gasteiger partial charge in [-0.3, -0.25) is 4.98 Å². The Hall–Kier alpha value is -2.60. The van der Waals surface area contributed by atoms with Crippen LogP contribution < -0.4 is 15.4 Å². The van der Waals surface area contributed by atoms with Crippen LogP contribution in [0.25, 0.3) is 10.9 Å². The number of hydrogen-bond donors (Lipinski definition) is 3. The maximum Gasteiger partial charge on any atom is 0.490 e. The topological polar surface area (TPSA) is 118 Å². The van der Waals surface area contributed by atoms with Crippen LogP contribution in [0.1, 0.15) is 26.2 Å². The van der Waals surface area contributed by atoms with Gasteiger partial charge in [0.25, 0.3) is 0 Å². The quantitative estimate of drug-likeness (QED) is 0.587. The molecule has 182 valence electrons. The molecule has 4 rings (SSSR count). The molecule has 2 fully saturated rings. The van der Waals surface area contributed by atoms with Crippen molar-refractivity contribution < 1.29 is 36.2 Å². The molecule has 1 aromatic heterocycles. The van der Waals surface area contributed by atoms with Crippen molar-refractivity contribution in [3.8, 4) is 5.75 Å². The van der Waals surface area contributed by atoms with Crippen LogP contribution in [-0.2, 0) is 14.6 Å². The minimum Gasteiger partial charge on any atom is -0.491 e. The number of benzene rings is 1. The molecule has 0 aliphatic carbocycles. The second-order valence-electron chi connectivity index (χ2n) is 7.96. The molecule has 1 aromatic carbocycles. The highest BCUT2D eigenvalue weighted by molar-refractivity contribution is 7.94. The summed E-state index contributed by atoms with van der Waals surface area (Å²) in [5.74, 6) is -1.79. The number of anilines is 1. The largest absolute Gasteiger partial charge is 0.491 e. The van der Waals surface area contributed by atoms with Crippen molar-refractivity contribution in [1.82, 2.24) is 10.3 Å². The number of alkyl halides is 3. The average Bonchev–Trinajstić information content (AvgIpc) is 2.77. The van der Waals surface area contributed by atoms with Gasteiger partial charge in [-0.15, -0.1) is 0 Å². The van der Waals surface area contributed by atoms with E-state index in [1.165, 1.54) is 0 Å². The van der Waals surface area contributed by atoms with Crippen molar-refractivity contribution in [2.24, 2.45) is 0 Å². The van der Waals surface area contributed by atoms with Gasteiger partial charge < -0.3 is 20.5 Å². The van der Waals surface area contributed by atoms with E-state index in [9.17, 15) is 21.6 Å². The SMILES string of the molecule is CCCOc1cccc2c(NC3CS(=O)(=O)C34CCNCC4)ccnc12.O=C(O)C(F)(F)F. The summed E-state index contributed by atoms with van der Waals surface area (Å²) in [6.07, 6.45) is -1.06. The van der Waals surface area contributed by atoms with E-state index in [2.05, 4.69) is 22.5 Å². The Labute approximate surface area is 189 Å². The Morgan fingerprint density at radius 3 is 2.55 bits per heavy atom. The second kappa shape index (κ2) is 9.72. The van der Waals surface area contributed by atoms with Gasteiger partial charge in [-0.2, -0.15) is 13.2 Å². The smallest absolute Gasteiger partial charge is 0.490 e. The number of rotatable bonds is 5. The van der Waals surface area contributed by atoms with Gasteiger partial charge in [0.1, 0.15) is 11.3 Å². The normalized spacial score (nSPS) is 20.9. The van der Waals surface area contributed by atoms with Gasteiger partial charge in [0, 0.05) is 17.3 Å². The summed E-state index contributed by atoms with van der Waals surface area (Å²) in [6.45, 7) is 4.23. The summed E-state index contributed by atoms with van der Waals surface area (Å²) in [5.41, 5.74) is 1.74. The zero-order valence-corrected chi connectivity index (χ0v) is 18.8. The van der Waals surface area contributed by atoms with E-state index < -0.39 is 26.7 Å². The van der Waals surface area contributed by atoms with Crippen molar-refractivity contribution in [3.63, 3.8) is 0 Å². The van der Waals surface area contributed by atoms with Crippen LogP contribution in [0.15, 0.2) is 30.5 Å². The highest BCUT2D eigenvalue weighted by Gasteiger charge is 2.60. The highest BCUT2D eigenvalue weighted by atomic mass is 32.2. The van der Waals surface area contributed by atoms with Crippen LogP contribution in [0.3, 0.4) is 0 Å². The van der Waals surface area contributed by atoms with E-state index in [1.54, 1.807) is 6.20 Å². The maximum absolute atomic E-state index is 12.5. The molecule has 1 unspecified atom stereocenters. The number of halogens is 3. The number of carbonyl (C=O) groups is 1. The molecule has 8 nitrogen and oxygen atoms in total. The molecule has 1 atom stereocenters. The van der Waals surface area contributed by atoms with Gasteiger partial charge in [-0.1, -0.05) is 19.1 Å². The first-order chi connectivity index (χ1) is 15.5. The zero-order chi connectivity index (χ0) is 24.3. The van der Waals surface area contributed by atoms with Crippen molar-refractivity contribution in [3.05, 3.63) is 30.5 Å². The summed E-state index contributed by atoms with van der Waals surface area (Å²) >= 11 is 0. The predicted octanol–water partition coefficient (Wildman–Crippen LogP) is 2.99. The molecule has 2 aromatic rings. The first-order valence-corrected chi connectivity index (χ1v) is 12.2. The first-order valence-electron chi connectivity index (χ1n) is 10.5. The molecule has 0 bridgehead atoms. The minimum absolute atomic E-state index is 0.0552. The Balaban J connectivity index is 0.000000383. The van der Waals surface area contributed by atoms with Crippen molar-refractivity contribution >= 4 is 32.4 Å². The third-order valence-corrected chi connectivity index (χ3v) is 8.56. The van der Waals surface area contributed by atoms with Gasteiger partial charge in [0.2, 0.25) is 0 Å². The molecular formula is C21H26F3N3O5S. The Morgan fingerprint density at radius 1 is 1.30 bits per heavy atom. The Bertz CT molecular complexity index is 1100. The lowest BCUT2D eigenvalue weighted by molar-refractivity contribution is -0.192. The zero-order valence-electron chi connectivity index (χ0n) is 18.0. The number of carboxylic acid groups (broad SMARTS) is 1.